The van der Waals surface area contributed by atoms with Gasteiger partial charge in [0.15, 0.2) is 0 Å². The van der Waals surface area contributed by atoms with Gasteiger partial charge < -0.3 is 26.4 Å². The van der Waals surface area contributed by atoms with Crippen molar-refractivity contribution in [1.29, 1.82) is 0 Å². The zero-order valence-corrected chi connectivity index (χ0v) is 27.4. The number of aromatic nitrogens is 3. The van der Waals surface area contributed by atoms with Crippen LogP contribution < -0.4 is 16.4 Å². The fourth-order valence-electron chi connectivity index (χ4n) is 7.27. The van der Waals surface area contributed by atoms with E-state index in [2.05, 4.69) is 20.9 Å². The van der Waals surface area contributed by atoms with E-state index in [4.69, 9.17) is 5.73 Å². The highest BCUT2D eigenvalue weighted by atomic mass is 16.3. The summed E-state index contributed by atoms with van der Waals surface area (Å²) in [6, 6.07) is 10.6. The third-order valence-corrected chi connectivity index (χ3v) is 10.1. The lowest BCUT2D eigenvalue weighted by Crippen LogP contribution is -2.57. The molecule has 2 aromatic carbocycles. The van der Waals surface area contributed by atoms with Gasteiger partial charge in [0, 0.05) is 18.5 Å². The van der Waals surface area contributed by atoms with Crippen LogP contribution in [0.5, 0.6) is 0 Å². The first-order valence-corrected chi connectivity index (χ1v) is 16.8. The highest BCUT2D eigenvalue weighted by molar-refractivity contribution is 6.40. The molecule has 0 spiro atoms. The first-order valence-electron chi connectivity index (χ1n) is 16.8. The Kier molecular flexibility index (Phi) is 9.08. The summed E-state index contributed by atoms with van der Waals surface area (Å²) in [5.74, 6) is -3.20. The average Bonchev–Trinajstić information content (AvgIpc) is 3.44. The summed E-state index contributed by atoms with van der Waals surface area (Å²) in [6.07, 6.45) is 7.59. The molecule has 0 bridgehead atoms. The van der Waals surface area contributed by atoms with Gasteiger partial charge in [-0.2, -0.15) is 0 Å². The van der Waals surface area contributed by atoms with Crippen molar-refractivity contribution in [1.82, 2.24) is 30.5 Å². The number of hydrogen-bond donors (Lipinski definition) is 4. The number of ketones is 1. The smallest absolute Gasteiger partial charge is 0.287 e. The van der Waals surface area contributed by atoms with Crippen molar-refractivity contribution in [3.63, 3.8) is 0 Å². The first-order chi connectivity index (χ1) is 22.9. The SMILES string of the molecule is CC(C)(O)c1cnnn1[C@H]1C[C@@H](C(=O)NC2(C(=O)C(N)=O)CC2)N(C(=O)C(CC2CCCCC2)NC(=O)c2ccc3ccccc3c2)C1. The number of fused-ring (bicyclic) bond motifs is 1. The lowest BCUT2D eigenvalue weighted by molar-refractivity contribution is -0.142. The highest BCUT2D eigenvalue weighted by Crippen LogP contribution is 2.38. The van der Waals surface area contributed by atoms with Crippen LogP contribution in [0.4, 0.5) is 0 Å². The number of Topliss-reactive ketones (excluding diaryl/α,β-unsaturated/α-hetero) is 1. The molecule has 2 saturated carbocycles. The number of carbonyl (C=O) groups is 5. The van der Waals surface area contributed by atoms with Crippen LogP contribution in [0.15, 0.2) is 48.7 Å². The lowest BCUT2D eigenvalue weighted by atomic mass is 9.84. The average molecular weight is 658 g/mol. The highest BCUT2D eigenvalue weighted by Gasteiger charge is 2.55. The minimum absolute atomic E-state index is 0.0487. The molecule has 3 aliphatic rings. The molecule has 1 aromatic heterocycles. The Balaban J connectivity index is 1.31. The number of amides is 4. The molecule has 254 valence electrons. The van der Waals surface area contributed by atoms with Crippen molar-refractivity contribution in [3.8, 4) is 0 Å². The van der Waals surface area contributed by atoms with Crippen LogP contribution in [0.2, 0.25) is 0 Å². The lowest BCUT2D eigenvalue weighted by Gasteiger charge is -2.32. The Bertz CT molecular complexity index is 1740. The second kappa shape index (κ2) is 13.1. The summed E-state index contributed by atoms with van der Waals surface area (Å²) in [5.41, 5.74) is 3.42. The van der Waals surface area contributed by atoms with Crippen molar-refractivity contribution >= 4 is 40.2 Å². The van der Waals surface area contributed by atoms with E-state index in [0.29, 0.717) is 17.7 Å². The quantitative estimate of drug-likeness (QED) is 0.226. The number of aliphatic hydroxyl groups is 1. The van der Waals surface area contributed by atoms with E-state index in [1.165, 1.54) is 15.8 Å². The van der Waals surface area contributed by atoms with E-state index in [9.17, 15) is 29.1 Å². The molecule has 4 amide bonds. The molecule has 5 N–H and O–H groups in total. The second-order valence-corrected chi connectivity index (χ2v) is 14.1. The van der Waals surface area contributed by atoms with Gasteiger partial charge in [-0.3, -0.25) is 24.0 Å². The van der Waals surface area contributed by atoms with Gasteiger partial charge >= 0.3 is 0 Å². The standard InChI is InChI=1S/C35H43N7O6/c1-34(2,48)28-19-37-40-42(28)25-18-27(32(46)39-35(14-15-35)29(43)30(36)44)41(20-25)33(47)26(16-21-8-4-3-5-9-21)38-31(45)24-13-12-22-10-6-7-11-23(22)17-24/h6-7,10-13,17,19,21,25-27,48H,3-5,8-9,14-16,18,20H2,1-2H3,(H2,36,44)(H,38,45)(H,39,46)/t25-,26?,27-/m0/s1. The van der Waals surface area contributed by atoms with E-state index in [0.717, 1.165) is 42.9 Å². The number of nitrogens with two attached hydrogens (primary N) is 1. The number of nitrogens with one attached hydrogen (secondary N) is 2. The molecule has 0 radical (unpaired) electrons. The van der Waals surface area contributed by atoms with Crippen LogP contribution in [0, 0.1) is 5.92 Å². The number of rotatable bonds is 11. The van der Waals surface area contributed by atoms with Crippen molar-refractivity contribution < 1.29 is 29.1 Å². The summed E-state index contributed by atoms with van der Waals surface area (Å²) in [7, 11) is 0. The summed E-state index contributed by atoms with van der Waals surface area (Å²) >= 11 is 0. The summed E-state index contributed by atoms with van der Waals surface area (Å²) in [6.45, 7) is 3.24. The Morgan fingerprint density at radius 3 is 2.42 bits per heavy atom. The Morgan fingerprint density at radius 2 is 1.75 bits per heavy atom. The van der Waals surface area contributed by atoms with Gasteiger partial charge in [-0.1, -0.05) is 67.6 Å². The van der Waals surface area contributed by atoms with Crippen LogP contribution >= 0.6 is 0 Å². The molecule has 48 heavy (non-hydrogen) atoms. The van der Waals surface area contributed by atoms with Crippen LogP contribution in [0.3, 0.4) is 0 Å². The van der Waals surface area contributed by atoms with Crippen molar-refractivity contribution in [3.05, 3.63) is 59.9 Å². The Hall–Kier alpha value is -4.65. The second-order valence-electron chi connectivity index (χ2n) is 14.1. The molecule has 3 fully saturated rings. The molecular formula is C35H43N7O6. The predicted octanol–water partition coefficient (Wildman–Crippen LogP) is 2.27. The monoisotopic (exact) mass is 657 g/mol. The molecule has 1 unspecified atom stereocenters. The van der Waals surface area contributed by atoms with E-state index >= 15 is 0 Å². The van der Waals surface area contributed by atoms with Crippen LogP contribution in [-0.4, -0.2) is 78.6 Å². The summed E-state index contributed by atoms with van der Waals surface area (Å²) in [5, 5.41) is 26.6. The maximum absolute atomic E-state index is 14.6. The minimum atomic E-state index is -1.38. The topological polar surface area (TPSA) is 190 Å². The van der Waals surface area contributed by atoms with E-state index in [1.54, 1.807) is 26.0 Å². The Morgan fingerprint density at radius 1 is 1.04 bits per heavy atom. The van der Waals surface area contributed by atoms with Crippen LogP contribution in [0.1, 0.15) is 93.7 Å². The van der Waals surface area contributed by atoms with Crippen LogP contribution in [0.25, 0.3) is 10.8 Å². The number of carbonyl (C=O) groups excluding carboxylic acids is 5. The maximum Gasteiger partial charge on any atom is 0.287 e. The van der Waals surface area contributed by atoms with Gasteiger partial charge in [0.2, 0.25) is 17.6 Å². The zero-order chi connectivity index (χ0) is 34.2. The zero-order valence-electron chi connectivity index (χ0n) is 27.4. The van der Waals surface area contributed by atoms with Crippen LogP contribution in [-0.2, 0) is 24.8 Å². The van der Waals surface area contributed by atoms with Gasteiger partial charge in [-0.15, -0.1) is 5.10 Å². The van der Waals surface area contributed by atoms with Gasteiger partial charge in [0.05, 0.1) is 17.9 Å². The normalized spacial score (nSPS) is 21.4. The van der Waals surface area contributed by atoms with Crippen molar-refractivity contribution in [2.24, 2.45) is 11.7 Å². The van der Waals surface area contributed by atoms with Gasteiger partial charge in [0.1, 0.15) is 23.2 Å². The fraction of sp³-hybridized carbons (Fsp3) is 0.514. The van der Waals surface area contributed by atoms with Crippen molar-refractivity contribution in [2.75, 3.05) is 6.54 Å². The molecule has 3 aromatic rings. The fourth-order valence-corrected chi connectivity index (χ4v) is 7.27. The van der Waals surface area contributed by atoms with Gasteiger partial charge in [-0.05, 0) is 61.9 Å². The summed E-state index contributed by atoms with van der Waals surface area (Å²) < 4.78 is 1.53. The number of nitrogens with zero attached hydrogens (tertiary/aromatic N) is 4. The molecule has 13 nitrogen and oxygen atoms in total. The third kappa shape index (κ3) is 6.82. The van der Waals surface area contributed by atoms with E-state index in [-0.39, 0.29) is 31.7 Å². The van der Waals surface area contributed by atoms with Gasteiger partial charge in [0.25, 0.3) is 11.8 Å². The number of benzene rings is 2. The number of hydrogen-bond acceptors (Lipinski definition) is 8. The summed E-state index contributed by atoms with van der Waals surface area (Å²) in [4.78, 5) is 68.1. The minimum Gasteiger partial charge on any atom is -0.384 e. The third-order valence-electron chi connectivity index (χ3n) is 10.1. The maximum atomic E-state index is 14.6. The molecular weight excluding hydrogens is 614 g/mol. The molecule has 13 heteroatoms. The Labute approximate surface area is 278 Å². The number of likely N-dealkylation sites (tertiary alicyclic amines) is 1. The van der Waals surface area contributed by atoms with Gasteiger partial charge in [-0.25, -0.2) is 4.68 Å². The molecule has 3 atom stereocenters. The first kappa shape index (κ1) is 33.3. The molecule has 1 saturated heterocycles. The molecule has 1 aliphatic heterocycles. The molecule has 2 aliphatic carbocycles. The van der Waals surface area contributed by atoms with E-state index in [1.807, 2.05) is 30.3 Å². The molecule has 6 rings (SSSR count). The van der Waals surface area contributed by atoms with Crippen molar-refractivity contribution in [2.45, 2.75) is 101 Å². The van der Waals surface area contributed by atoms with E-state index < -0.39 is 58.7 Å². The predicted molar refractivity (Wildman–Crippen MR) is 175 cm³/mol. The molecule has 2 heterocycles. The largest absolute Gasteiger partial charge is 0.384 e. The number of primary amides is 1.